The van der Waals surface area contributed by atoms with Crippen molar-refractivity contribution in [1.29, 1.82) is 0 Å². The molecular formula is C24H33FIN3O4. The Morgan fingerprint density at radius 1 is 1.18 bits per heavy atom. The number of nitrogens with one attached hydrogen (secondary N) is 1. The summed E-state index contributed by atoms with van der Waals surface area (Å²) < 4.78 is 30.0. The minimum Gasteiger partial charge on any atom is -0.497 e. The summed E-state index contributed by atoms with van der Waals surface area (Å²) in [5.74, 6) is 1.65. The Labute approximate surface area is 212 Å². The highest BCUT2D eigenvalue weighted by atomic mass is 127. The molecule has 7 nitrogen and oxygen atoms in total. The number of morpholine rings is 1. The van der Waals surface area contributed by atoms with Gasteiger partial charge in [0.15, 0.2) is 5.96 Å². The summed E-state index contributed by atoms with van der Waals surface area (Å²) in [6, 6.07) is 11.7. The molecule has 0 aromatic heterocycles. The Morgan fingerprint density at radius 2 is 1.82 bits per heavy atom. The fourth-order valence-corrected chi connectivity index (χ4v) is 3.71. The average Bonchev–Trinajstić information content (AvgIpc) is 2.81. The topological polar surface area (TPSA) is 75.6 Å². The number of rotatable bonds is 7. The number of halogens is 2. The van der Waals surface area contributed by atoms with E-state index in [0.717, 1.165) is 5.56 Å². The Hall–Kier alpha value is -2.11. The van der Waals surface area contributed by atoms with Gasteiger partial charge in [0, 0.05) is 19.2 Å². The molecule has 1 aliphatic rings. The van der Waals surface area contributed by atoms with Crippen LogP contribution in [0.2, 0.25) is 0 Å². The van der Waals surface area contributed by atoms with Crippen molar-refractivity contribution < 1.29 is 23.7 Å². The summed E-state index contributed by atoms with van der Waals surface area (Å²) >= 11 is 0. The van der Waals surface area contributed by atoms with Crippen LogP contribution in [0.4, 0.5) is 4.39 Å². The molecule has 0 bridgehead atoms. The van der Waals surface area contributed by atoms with E-state index in [1.807, 2.05) is 13.8 Å². The van der Waals surface area contributed by atoms with E-state index < -0.39 is 6.10 Å². The maximum absolute atomic E-state index is 13.3. The highest BCUT2D eigenvalue weighted by Gasteiger charge is 2.28. The molecule has 3 atom stereocenters. The number of aliphatic imine (C=N–C) groups is 1. The van der Waals surface area contributed by atoms with Crippen LogP contribution >= 0.6 is 24.0 Å². The summed E-state index contributed by atoms with van der Waals surface area (Å²) in [7, 11) is 3.15. The first-order valence-corrected chi connectivity index (χ1v) is 10.8. The molecule has 1 saturated heterocycles. The average molecular weight is 573 g/mol. The van der Waals surface area contributed by atoms with E-state index >= 15 is 0 Å². The zero-order valence-corrected chi connectivity index (χ0v) is 21.8. The second kappa shape index (κ2) is 13.0. The van der Waals surface area contributed by atoms with Gasteiger partial charge < -0.3 is 29.5 Å². The van der Waals surface area contributed by atoms with Crippen LogP contribution < -0.4 is 14.8 Å². The van der Waals surface area contributed by atoms with Gasteiger partial charge in [-0.2, -0.15) is 0 Å². The Bertz CT molecular complexity index is 891. The number of nitrogens with zero attached hydrogens (tertiary/aromatic N) is 2. The van der Waals surface area contributed by atoms with Gasteiger partial charge in [0.1, 0.15) is 23.4 Å². The van der Waals surface area contributed by atoms with Gasteiger partial charge in [-0.15, -0.1) is 24.0 Å². The summed E-state index contributed by atoms with van der Waals surface area (Å²) in [4.78, 5) is 6.80. The molecule has 182 valence electrons. The molecule has 3 unspecified atom stereocenters. The lowest BCUT2D eigenvalue weighted by molar-refractivity contribution is -0.0605. The number of hydrogen-bond donors (Lipinski definition) is 2. The van der Waals surface area contributed by atoms with Gasteiger partial charge in [-0.1, -0.05) is 12.1 Å². The van der Waals surface area contributed by atoms with E-state index in [9.17, 15) is 9.50 Å². The molecule has 2 aromatic rings. The second-order valence-corrected chi connectivity index (χ2v) is 7.75. The van der Waals surface area contributed by atoms with Crippen molar-refractivity contribution in [2.45, 2.75) is 32.2 Å². The third-order valence-electron chi connectivity index (χ3n) is 5.31. The first-order chi connectivity index (χ1) is 15.4. The van der Waals surface area contributed by atoms with Gasteiger partial charge in [-0.3, -0.25) is 4.99 Å². The first-order valence-electron chi connectivity index (χ1n) is 10.8. The number of hydrogen-bond acceptors (Lipinski definition) is 5. The van der Waals surface area contributed by atoms with Crippen LogP contribution in [0.25, 0.3) is 0 Å². The highest BCUT2D eigenvalue weighted by molar-refractivity contribution is 14.0. The number of guanidine groups is 1. The molecule has 0 amide bonds. The molecule has 33 heavy (non-hydrogen) atoms. The van der Waals surface area contributed by atoms with Gasteiger partial charge in [-0.25, -0.2) is 4.39 Å². The van der Waals surface area contributed by atoms with E-state index in [2.05, 4.69) is 15.2 Å². The van der Waals surface area contributed by atoms with E-state index in [4.69, 9.17) is 14.2 Å². The molecule has 0 saturated carbocycles. The van der Waals surface area contributed by atoms with Crippen molar-refractivity contribution in [3.8, 4) is 11.5 Å². The zero-order valence-electron chi connectivity index (χ0n) is 19.5. The molecule has 1 aliphatic heterocycles. The lowest BCUT2D eigenvalue weighted by Crippen LogP contribution is -2.50. The van der Waals surface area contributed by atoms with Crippen molar-refractivity contribution in [3.05, 3.63) is 59.4 Å². The molecule has 0 aliphatic carbocycles. The number of ether oxygens (including phenoxy) is 3. The highest BCUT2D eigenvalue weighted by Crippen LogP contribution is 2.28. The number of benzene rings is 2. The van der Waals surface area contributed by atoms with Crippen LogP contribution in [-0.4, -0.2) is 62.5 Å². The summed E-state index contributed by atoms with van der Waals surface area (Å²) in [6.07, 6.45) is -1.05. The van der Waals surface area contributed by atoms with E-state index in [1.165, 1.54) is 12.1 Å². The summed E-state index contributed by atoms with van der Waals surface area (Å²) in [5, 5.41) is 14.1. The lowest BCUT2D eigenvalue weighted by Gasteiger charge is -2.38. The van der Waals surface area contributed by atoms with Gasteiger partial charge >= 0.3 is 0 Å². The third kappa shape index (κ3) is 7.44. The molecule has 9 heteroatoms. The molecule has 0 radical (unpaired) electrons. The van der Waals surface area contributed by atoms with Crippen LogP contribution in [0.15, 0.2) is 47.5 Å². The maximum atomic E-state index is 13.3. The van der Waals surface area contributed by atoms with E-state index in [-0.39, 0.29) is 48.5 Å². The number of methoxy groups -OCH3 is 2. The molecule has 3 rings (SSSR count). The van der Waals surface area contributed by atoms with Crippen LogP contribution in [0.3, 0.4) is 0 Å². The van der Waals surface area contributed by atoms with Crippen molar-refractivity contribution in [2.24, 2.45) is 4.99 Å². The molecule has 1 heterocycles. The van der Waals surface area contributed by atoms with Crippen LogP contribution in [0, 0.1) is 5.82 Å². The maximum Gasteiger partial charge on any atom is 0.194 e. The summed E-state index contributed by atoms with van der Waals surface area (Å²) in [6.45, 7) is 6.10. The van der Waals surface area contributed by atoms with Gasteiger partial charge in [0.2, 0.25) is 0 Å². The van der Waals surface area contributed by atoms with Crippen LogP contribution in [0.1, 0.15) is 37.2 Å². The van der Waals surface area contributed by atoms with Crippen LogP contribution in [-0.2, 0) is 4.74 Å². The normalized spacial score (nSPS) is 19.5. The van der Waals surface area contributed by atoms with Crippen molar-refractivity contribution in [2.75, 3.05) is 40.4 Å². The molecule has 2 N–H and O–H groups in total. The second-order valence-electron chi connectivity index (χ2n) is 7.75. The largest absolute Gasteiger partial charge is 0.497 e. The fourth-order valence-electron chi connectivity index (χ4n) is 3.71. The predicted molar refractivity (Wildman–Crippen MR) is 137 cm³/mol. The SMILES string of the molecule is CCNC(=NCC(O)c1cc(OC)cc(OC)c1)N1CC(C)OC(c2ccc(F)cc2)C1.I. The quantitative estimate of drug-likeness (QED) is 0.297. The fraction of sp³-hybridized carbons (Fsp3) is 0.458. The van der Waals surface area contributed by atoms with Crippen LogP contribution in [0.5, 0.6) is 11.5 Å². The third-order valence-corrected chi connectivity index (χ3v) is 5.31. The monoisotopic (exact) mass is 573 g/mol. The number of aliphatic hydroxyl groups is 1. The molecule has 2 aromatic carbocycles. The minimum atomic E-state index is -0.820. The minimum absolute atomic E-state index is 0. The van der Waals surface area contributed by atoms with Crippen molar-refractivity contribution in [3.63, 3.8) is 0 Å². The van der Waals surface area contributed by atoms with Gasteiger partial charge in [-0.05, 0) is 49.2 Å². The van der Waals surface area contributed by atoms with E-state index in [1.54, 1.807) is 44.6 Å². The molecule has 1 fully saturated rings. The molecule has 0 spiro atoms. The first kappa shape index (κ1) is 27.1. The van der Waals surface area contributed by atoms with Gasteiger partial charge in [0.25, 0.3) is 0 Å². The Balaban J connectivity index is 0.00000385. The Kier molecular flexibility index (Phi) is 10.6. The van der Waals surface area contributed by atoms with Crippen molar-refractivity contribution in [1.82, 2.24) is 10.2 Å². The summed E-state index contributed by atoms with van der Waals surface area (Å²) in [5.41, 5.74) is 1.59. The molecular weight excluding hydrogens is 540 g/mol. The standard InChI is InChI=1S/C24H32FN3O4.HI/c1-5-26-24(27-13-22(29)18-10-20(30-3)12-21(11-18)31-4)28-14-16(2)32-23(15-28)17-6-8-19(25)9-7-17;/h6-12,16,22-23,29H,5,13-15H2,1-4H3,(H,26,27);1H. The van der Waals surface area contributed by atoms with Crippen molar-refractivity contribution >= 4 is 29.9 Å². The lowest BCUT2D eigenvalue weighted by atomic mass is 10.1. The van der Waals surface area contributed by atoms with Gasteiger partial charge in [0.05, 0.1) is 39.5 Å². The zero-order chi connectivity index (χ0) is 23.1. The smallest absolute Gasteiger partial charge is 0.194 e. The number of aliphatic hydroxyl groups excluding tert-OH is 1. The predicted octanol–water partition coefficient (Wildman–Crippen LogP) is 3.92. The Morgan fingerprint density at radius 3 is 2.39 bits per heavy atom. The van der Waals surface area contributed by atoms with E-state index in [0.29, 0.717) is 42.7 Å².